The molecule has 0 fully saturated rings. The molecule has 1 heterocycles. The van der Waals surface area contributed by atoms with E-state index in [-0.39, 0.29) is 57.9 Å². The van der Waals surface area contributed by atoms with E-state index in [0.717, 1.165) is 5.82 Å². The molecule has 0 radical (unpaired) electrons. The summed E-state index contributed by atoms with van der Waals surface area (Å²) in [6, 6.07) is 0. The monoisotopic (exact) mass is 271 g/mol. The fraction of sp³-hybridized carbons (Fsp3) is 0.444. The summed E-state index contributed by atoms with van der Waals surface area (Å²) in [5.74, 6) is 0.727. The normalized spacial score (nSPS) is 11.4. The average molecular weight is 271 g/mol. The maximum Gasteiger partial charge on any atom is 1.00 e. The average Bonchev–Trinajstić information content (AvgIpc) is 2.50. The van der Waals surface area contributed by atoms with Crippen LogP contribution < -0.4 is 51.4 Å². The van der Waals surface area contributed by atoms with Crippen LogP contribution in [-0.2, 0) is 13.6 Å². The second-order valence-electron chi connectivity index (χ2n) is 3.86. The van der Waals surface area contributed by atoms with Gasteiger partial charge in [0.15, 0.2) is 0 Å². The van der Waals surface area contributed by atoms with Crippen molar-refractivity contribution >= 4 is 6.98 Å². The van der Waals surface area contributed by atoms with Gasteiger partial charge in [0.05, 0.1) is 6.54 Å². The summed E-state index contributed by atoms with van der Waals surface area (Å²) in [6.07, 6.45) is 3.37. The van der Waals surface area contributed by atoms with Crippen LogP contribution in [0.1, 0.15) is 5.82 Å². The van der Waals surface area contributed by atoms with Gasteiger partial charge in [0.1, 0.15) is 5.82 Å². The van der Waals surface area contributed by atoms with Crippen LogP contribution in [0.2, 0.25) is 0 Å². The zero-order valence-corrected chi connectivity index (χ0v) is 13.5. The van der Waals surface area contributed by atoms with Crippen LogP contribution in [0, 0.1) is 0 Å². The molecule has 90 valence electrons. The first kappa shape index (κ1) is 17.4. The maximum absolute atomic E-state index is 12.3. The molecule has 3 nitrogen and oxygen atoms in total. The van der Waals surface area contributed by atoms with E-state index in [1.807, 2.05) is 0 Å². The topological polar surface area (TPSA) is 21.1 Å². The van der Waals surface area contributed by atoms with E-state index in [1.54, 1.807) is 36.0 Å². The smallest absolute Gasteiger partial charge is 0.445 e. The first-order valence-corrected chi connectivity index (χ1v) is 4.83. The molecule has 0 aromatic carbocycles. The van der Waals surface area contributed by atoms with E-state index in [4.69, 9.17) is 0 Å². The Morgan fingerprint density at radius 3 is 2.53 bits per heavy atom. The number of likely N-dealkylation sites (N-methyl/N-ethyl adjacent to an activating group) is 1. The Labute approximate surface area is 142 Å². The Hall–Kier alpha value is 0.401. The van der Waals surface area contributed by atoms with Gasteiger partial charge < -0.3 is 17.5 Å². The van der Waals surface area contributed by atoms with Crippen molar-refractivity contribution in [2.75, 3.05) is 13.6 Å². The van der Waals surface area contributed by atoms with Crippen molar-refractivity contribution in [2.24, 2.45) is 7.05 Å². The molecule has 8 heteroatoms. The van der Waals surface area contributed by atoms with E-state index in [0.29, 0.717) is 6.54 Å². The van der Waals surface area contributed by atoms with Crippen LogP contribution in [0.3, 0.4) is 0 Å². The second-order valence-corrected chi connectivity index (χ2v) is 3.86. The molecule has 1 aromatic heterocycles. The fourth-order valence-electron chi connectivity index (χ4n) is 1.30. The first-order valence-electron chi connectivity index (χ1n) is 4.83. The van der Waals surface area contributed by atoms with E-state index < -0.39 is 12.4 Å². The Morgan fingerprint density at radius 2 is 2.12 bits per heavy atom. The fourth-order valence-corrected chi connectivity index (χ4v) is 1.30. The molecule has 0 aliphatic heterocycles. The van der Waals surface area contributed by atoms with Gasteiger partial charge in [-0.2, -0.15) is 0 Å². The molecule has 0 aliphatic rings. The molecule has 17 heavy (non-hydrogen) atoms. The van der Waals surface area contributed by atoms with Crippen molar-refractivity contribution in [3.63, 3.8) is 0 Å². The third-order valence-corrected chi connectivity index (χ3v) is 2.27. The molecule has 0 atom stereocenters. The summed E-state index contributed by atoms with van der Waals surface area (Å²) in [7, 11) is 3.42. The Morgan fingerprint density at radius 1 is 1.53 bits per heavy atom. The maximum atomic E-state index is 12.3. The molecule has 0 amide bonds. The molecule has 0 unspecified atom stereocenters. The molecule has 1 aromatic rings. The Bertz CT molecular complexity index is 378. The van der Waals surface area contributed by atoms with Crippen molar-refractivity contribution in [1.29, 1.82) is 0 Å². The zero-order chi connectivity index (χ0) is 12.3. The summed E-state index contributed by atoms with van der Waals surface area (Å²) in [5.41, 5.74) is -0.684. The number of aryl methyl sites for hydroxylation is 1. The van der Waals surface area contributed by atoms with Crippen molar-refractivity contribution in [3.8, 4) is 0 Å². The van der Waals surface area contributed by atoms with Crippen molar-refractivity contribution < 1.29 is 64.3 Å². The number of hydrogen-bond donors (Lipinski definition) is 0. The van der Waals surface area contributed by atoms with Gasteiger partial charge in [-0.25, -0.2) is 4.98 Å². The number of aromatic nitrogens is 2. The van der Waals surface area contributed by atoms with Gasteiger partial charge in [0, 0.05) is 19.4 Å². The zero-order valence-electron chi connectivity index (χ0n) is 10.3. The van der Waals surface area contributed by atoms with Crippen LogP contribution in [0.5, 0.6) is 0 Å². The van der Waals surface area contributed by atoms with Crippen LogP contribution in [-0.4, -0.2) is 35.0 Å². The summed E-state index contributed by atoms with van der Waals surface area (Å²) < 4.78 is 38.6. The Kier molecular flexibility index (Phi) is 7.27. The minimum absolute atomic E-state index is 0. The Balaban J connectivity index is 0.00000256. The third kappa shape index (κ3) is 5.71. The summed E-state index contributed by atoms with van der Waals surface area (Å²) in [4.78, 5) is 5.58. The van der Waals surface area contributed by atoms with Gasteiger partial charge in [-0.1, -0.05) is 0 Å². The number of hydrogen-bond acceptors (Lipinski definition) is 2. The third-order valence-electron chi connectivity index (χ3n) is 2.27. The molecule has 0 saturated carbocycles. The van der Waals surface area contributed by atoms with E-state index in [1.165, 1.54) is 0 Å². The van der Waals surface area contributed by atoms with E-state index in [9.17, 15) is 12.9 Å². The van der Waals surface area contributed by atoms with E-state index >= 15 is 0 Å². The van der Waals surface area contributed by atoms with Crippen LogP contribution in [0.4, 0.5) is 12.9 Å². The summed E-state index contributed by atoms with van der Waals surface area (Å²) >= 11 is 0. The van der Waals surface area contributed by atoms with Gasteiger partial charge in [-0.05, 0) is 13.6 Å². The molecule has 0 saturated heterocycles. The molecule has 0 aliphatic carbocycles. The molecule has 0 spiro atoms. The standard InChI is InChI=1S/C9H14BF3N3.K/c1-8(10(11,12)13)6-15(2)7-9-14-4-5-16(9)3;/h4-5H,1,6-7H2,2-3H3;/q-1;+1. The van der Waals surface area contributed by atoms with Gasteiger partial charge in [0.2, 0.25) is 0 Å². The van der Waals surface area contributed by atoms with Crippen LogP contribution in [0.15, 0.2) is 24.4 Å². The minimum atomic E-state index is -4.94. The van der Waals surface area contributed by atoms with Gasteiger partial charge >= 0.3 is 58.4 Å². The predicted molar refractivity (Wildman–Crippen MR) is 57.8 cm³/mol. The van der Waals surface area contributed by atoms with Gasteiger partial charge in [-0.15, -0.1) is 12.1 Å². The largest absolute Gasteiger partial charge is 1.00 e. The summed E-state index contributed by atoms with van der Waals surface area (Å²) in [6.45, 7) is -1.71. The number of nitrogens with zero attached hydrogens (tertiary/aromatic N) is 3. The van der Waals surface area contributed by atoms with Crippen molar-refractivity contribution in [3.05, 3.63) is 30.3 Å². The predicted octanol–water partition coefficient (Wildman–Crippen LogP) is -1.20. The van der Waals surface area contributed by atoms with Gasteiger partial charge in [0.25, 0.3) is 0 Å². The second kappa shape index (κ2) is 7.10. The quantitative estimate of drug-likeness (QED) is 0.627. The molecule has 0 bridgehead atoms. The first-order chi connectivity index (χ1) is 7.30. The minimum Gasteiger partial charge on any atom is -0.445 e. The number of halogens is 3. The SMILES string of the molecule is C=C(CN(C)Cc1nccn1C)[B-](F)(F)F.[K+]. The van der Waals surface area contributed by atoms with Crippen LogP contribution >= 0.6 is 0 Å². The molecular formula is C9H14BF3KN3. The van der Waals surface area contributed by atoms with E-state index in [2.05, 4.69) is 11.6 Å². The van der Waals surface area contributed by atoms with Crippen molar-refractivity contribution in [2.45, 2.75) is 6.54 Å². The molecule has 0 N–H and O–H groups in total. The summed E-state index contributed by atoms with van der Waals surface area (Å²) in [5, 5.41) is 0. The van der Waals surface area contributed by atoms with Crippen molar-refractivity contribution in [1.82, 2.24) is 14.5 Å². The number of imidazole rings is 1. The van der Waals surface area contributed by atoms with Crippen LogP contribution in [0.25, 0.3) is 0 Å². The molecular weight excluding hydrogens is 257 g/mol. The van der Waals surface area contributed by atoms with Gasteiger partial charge in [-0.3, -0.25) is 4.90 Å². The number of rotatable bonds is 5. The molecule has 1 rings (SSSR count).